The lowest BCUT2D eigenvalue weighted by atomic mass is 10.1. The summed E-state index contributed by atoms with van der Waals surface area (Å²) in [7, 11) is 0. The van der Waals surface area contributed by atoms with Gasteiger partial charge in [-0.3, -0.25) is 9.59 Å². The molecule has 0 unspecified atom stereocenters. The van der Waals surface area contributed by atoms with Gasteiger partial charge < -0.3 is 9.88 Å². The van der Waals surface area contributed by atoms with E-state index in [9.17, 15) is 9.59 Å². The van der Waals surface area contributed by atoms with Crippen LogP contribution in [-0.4, -0.2) is 16.7 Å². The van der Waals surface area contributed by atoms with Crippen LogP contribution < -0.4 is 10.7 Å². The van der Waals surface area contributed by atoms with E-state index in [0.29, 0.717) is 11.1 Å². The lowest BCUT2D eigenvalue weighted by Crippen LogP contribution is -2.23. The molecule has 1 atom stereocenters. The first-order valence-corrected chi connectivity index (χ1v) is 10.3. The maximum atomic E-state index is 13.0. The average Bonchev–Trinajstić information content (AvgIpc) is 2.93. The molecule has 2 aromatic carbocycles. The number of amides is 1. The summed E-state index contributed by atoms with van der Waals surface area (Å²) in [5.74, 6) is -0.375. The van der Waals surface area contributed by atoms with Crippen molar-refractivity contribution in [2.75, 3.05) is 11.6 Å². The first-order valence-electron chi connectivity index (χ1n) is 8.30. The first kappa shape index (κ1) is 17.4. The number of carbonyl (C=O) groups excluding carboxylic acids is 1. The van der Waals surface area contributed by atoms with E-state index in [1.54, 1.807) is 24.0 Å². The zero-order chi connectivity index (χ0) is 18.4. The predicted octanol–water partition coefficient (Wildman–Crippen LogP) is 4.86. The van der Waals surface area contributed by atoms with Crippen molar-refractivity contribution < 1.29 is 4.79 Å². The Hall–Kier alpha value is -2.05. The number of hydrogen-bond acceptors (Lipinski definition) is 3. The number of pyridine rings is 1. The van der Waals surface area contributed by atoms with E-state index in [2.05, 4.69) is 34.2 Å². The topological polar surface area (TPSA) is 51.1 Å². The fraction of sp³-hybridized carbons (Fsp3) is 0.200. The van der Waals surface area contributed by atoms with Gasteiger partial charge >= 0.3 is 0 Å². The SMILES string of the molecule is CSc1cccc(NC(=O)c2cn3c4c(cc(Br)cc4c2=O)C[C@H]3C)c1. The highest BCUT2D eigenvalue weighted by Gasteiger charge is 2.25. The van der Waals surface area contributed by atoms with Crippen molar-refractivity contribution in [1.82, 2.24) is 4.57 Å². The van der Waals surface area contributed by atoms with Gasteiger partial charge in [0.25, 0.3) is 5.91 Å². The summed E-state index contributed by atoms with van der Waals surface area (Å²) < 4.78 is 2.91. The van der Waals surface area contributed by atoms with Gasteiger partial charge in [0.1, 0.15) is 5.56 Å². The van der Waals surface area contributed by atoms with Crippen molar-refractivity contribution >= 4 is 50.2 Å². The van der Waals surface area contributed by atoms with E-state index >= 15 is 0 Å². The monoisotopic (exact) mass is 428 g/mol. The van der Waals surface area contributed by atoms with Gasteiger partial charge in [0.15, 0.2) is 0 Å². The van der Waals surface area contributed by atoms with Crippen LogP contribution in [0.1, 0.15) is 28.9 Å². The third kappa shape index (κ3) is 2.87. The molecule has 132 valence electrons. The van der Waals surface area contributed by atoms with Crippen LogP contribution in [0.15, 0.2) is 56.8 Å². The van der Waals surface area contributed by atoms with Gasteiger partial charge in [-0.2, -0.15) is 0 Å². The number of halogens is 1. The van der Waals surface area contributed by atoms with Gasteiger partial charge in [0.2, 0.25) is 5.43 Å². The number of nitrogens with zero attached hydrogens (tertiary/aromatic N) is 1. The van der Waals surface area contributed by atoms with Crippen LogP contribution in [0.4, 0.5) is 5.69 Å². The van der Waals surface area contributed by atoms with Gasteiger partial charge in [0, 0.05) is 32.7 Å². The largest absolute Gasteiger partial charge is 0.343 e. The molecular formula is C20H17BrN2O2S. The van der Waals surface area contributed by atoms with Crippen LogP contribution in [-0.2, 0) is 6.42 Å². The summed E-state index contributed by atoms with van der Waals surface area (Å²) in [5.41, 5.74) is 2.70. The van der Waals surface area contributed by atoms with Gasteiger partial charge in [-0.15, -0.1) is 11.8 Å². The number of benzene rings is 2. The molecule has 1 aliphatic rings. The molecule has 2 heterocycles. The van der Waals surface area contributed by atoms with E-state index in [1.165, 1.54) is 0 Å². The highest BCUT2D eigenvalue weighted by molar-refractivity contribution is 9.10. The molecule has 1 aliphatic heterocycles. The number of rotatable bonds is 3. The minimum Gasteiger partial charge on any atom is -0.343 e. The highest BCUT2D eigenvalue weighted by atomic mass is 79.9. The molecule has 0 saturated heterocycles. The Kier molecular flexibility index (Phi) is 4.40. The standard InChI is InChI=1S/C20H17BrN2O2S/c1-11-6-12-7-13(21)8-16-18(12)23(11)10-17(19(16)24)20(25)22-14-4-3-5-15(9-14)26-2/h3-5,7-11H,6H2,1-2H3,(H,22,25)/t11-/m1/s1. The lowest BCUT2D eigenvalue weighted by molar-refractivity contribution is 0.102. The Morgan fingerprint density at radius 3 is 2.88 bits per heavy atom. The van der Waals surface area contributed by atoms with Crippen molar-refractivity contribution in [3.05, 3.63) is 68.4 Å². The summed E-state index contributed by atoms with van der Waals surface area (Å²) in [6, 6.07) is 11.7. The van der Waals surface area contributed by atoms with Crippen LogP contribution in [0.25, 0.3) is 10.9 Å². The quantitative estimate of drug-likeness (QED) is 0.606. The van der Waals surface area contributed by atoms with Gasteiger partial charge in [-0.25, -0.2) is 0 Å². The molecule has 1 N–H and O–H groups in total. The Bertz CT molecular complexity index is 1110. The second-order valence-corrected chi connectivity index (χ2v) is 8.27. The number of anilines is 1. The van der Waals surface area contributed by atoms with Crippen molar-refractivity contribution in [2.24, 2.45) is 0 Å². The summed E-state index contributed by atoms with van der Waals surface area (Å²) in [5, 5.41) is 3.45. The maximum absolute atomic E-state index is 13.0. The molecule has 0 spiro atoms. The minimum absolute atomic E-state index is 0.171. The third-order valence-corrected chi connectivity index (χ3v) is 5.91. The smallest absolute Gasteiger partial charge is 0.261 e. The van der Waals surface area contributed by atoms with E-state index in [4.69, 9.17) is 0 Å². The van der Waals surface area contributed by atoms with E-state index < -0.39 is 0 Å². The van der Waals surface area contributed by atoms with E-state index in [-0.39, 0.29) is 22.9 Å². The molecule has 0 fully saturated rings. The van der Waals surface area contributed by atoms with E-state index in [0.717, 1.165) is 26.9 Å². The fourth-order valence-electron chi connectivity index (χ4n) is 3.52. The zero-order valence-corrected chi connectivity index (χ0v) is 16.8. The Balaban J connectivity index is 1.81. The molecule has 26 heavy (non-hydrogen) atoms. The second-order valence-electron chi connectivity index (χ2n) is 6.48. The Labute approximate surface area is 163 Å². The van der Waals surface area contributed by atoms with Crippen LogP contribution >= 0.6 is 27.7 Å². The van der Waals surface area contributed by atoms with Crippen molar-refractivity contribution in [3.63, 3.8) is 0 Å². The van der Waals surface area contributed by atoms with Crippen LogP contribution in [0, 0.1) is 0 Å². The molecule has 0 radical (unpaired) electrons. The summed E-state index contributed by atoms with van der Waals surface area (Å²) in [6.07, 6.45) is 4.54. The lowest BCUT2D eigenvalue weighted by Gasteiger charge is -2.13. The Morgan fingerprint density at radius 1 is 1.31 bits per heavy atom. The predicted molar refractivity (Wildman–Crippen MR) is 110 cm³/mol. The van der Waals surface area contributed by atoms with Crippen LogP contribution in [0.2, 0.25) is 0 Å². The number of nitrogens with one attached hydrogen (secondary N) is 1. The number of aromatic nitrogens is 1. The molecular weight excluding hydrogens is 412 g/mol. The van der Waals surface area contributed by atoms with Crippen molar-refractivity contribution in [2.45, 2.75) is 24.3 Å². The van der Waals surface area contributed by atoms with Gasteiger partial charge in [-0.05, 0) is 55.5 Å². The molecule has 3 aromatic rings. The first-order chi connectivity index (χ1) is 12.5. The third-order valence-electron chi connectivity index (χ3n) is 4.73. The number of carbonyl (C=O) groups is 1. The van der Waals surface area contributed by atoms with Crippen LogP contribution in [0.5, 0.6) is 0 Å². The van der Waals surface area contributed by atoms with Crippen molar-refractivity contribution in [3.8, 4) is 0 Å². The normalized spacial score (nSPS) is 15.4. The summed E-state index contributed by atoms with van der Waals surface area (Å²) in [6.45, 7) is 2.10. The van der Waals surface area contributed by atoms with E-state index in [1.807, 2.05) is 35.1 Å². The zero-order valence-electron chi connectivity index (χ0n) is 14.4. The molecule has 1 amide bonds. The molecule has 4 nitrogen and oxygen atoms in total. The molecule has 4 rings (SSSR count). The summed E-state index contributed by atoms with van der Waals surface area (Å²) in [4.78, 5) is 26.8. The highest BCUT2D eigenvalue weighted by Crippen LogP contribution is 2.33. The maximum Gasteiger partial charge on any atom is 0.261 e. The van der Waals surface area contributed by atoms with Gasteiger partial charge in [0.05, 0.1) is 5.52 Å². The van der Waals surface area contributed by atoms with Crippen molar-refractivity contribution in [1.29, 1.82) is 0 Å². The number of hydrogen-bond donors (Lipinski definition) is 1. The molecule has 0 bridgehead atoms. The minimum atomic E-state index is -0.375. The molecule has 6 heteroatoms. The molecule has 0 saturated carbocycles. The molecule has 1 aromatic heterocycles. The Morgan fingerprint density at radius 2 is 2.12 bits per heavy atom. The second kappa shape index (κ2) is 6.59. The average molecular weight is 429 g/mol. The van der Waals surface area contributed by atoms with Crippen LogP contribution in [0.3, 0.4) is 0 Å². The summed E-state index contributed by atoms with van der Waals surface area (Å²) >= 11 is 5.08. The molecule has 0 aliphatic carbocycles. The number of thioether (sulfide) groups is 1. The van der Waals surface area contributed by atoms with Gasteiger partial charge in [-0.1, -0.05) is 22.0 Å². The fourth-order valence-corrected chi connectivity index (χ4v) is 4.49.